The van der Waals surface area contributed by atoms with Crippen LogP contribution in [0.25, 0.3) is 0 Å². The predicted molar refractivity (Wildman–Crippen MR) is 99.1 cm³/mol. The molecule has 1 aliphatic heterocycles. The second-order valence-corrected chi connectivity index (χ2v) is 6.40. The first-order chi connectivity index (χ1) is 13.1. The topological polar surface area (TPSA) is 91.4 Å². The average Bonchev–Trinajstić information content (AvgIpc) is 2.70. The van der Waals surface area contributed by atoms with Gasteiger partial charge in [-0.05, 0) is 23.6 Å². The van der Waals surface area contributed by atoms with Crippen LogP contribution >= 0.6 is 0 Å². The van der Waals surface area contributed by atoms with Crippen LogP contribution in [0.4, 0.5) is 0 Å². The Labute approximate surface area is 157 Å². The van der Waals surface area contributed by atoms with Crippen LogP contribution in [0.2, 0.25) is 0 Å². The highest BCUT2D eigenvalue weighted by molar-refractivity contribution is 6.10. The molecule has 1 fully saturated rings. The molecule has 3 rings (SSSR count). The van der Waals surface area contributed by atoms with E-state index in [9.17, 15) is 14.4 Å². The van der Waals surface area contributed by atoms with E-state index in [-0.39, 0.29) is 19.0 Å². The van der Waals surface area contributed by atoms with E-state index in [1.54, 1.807) is 18.5 Å². The summed E-state index contributed by atoms with van der Waals surface area (Å²) >= 11 is 0. The number of aromatic nitrogens is 1. The highest BCUT2D eigenvalue weighted by Gasteiger charge is 2.43. The number of pyridine rings is 1. The van der Waals surface area contributed by atoms with Gasteiger partial charge in [-0.25, -0.2) is 0 Å². The summed E-state index contributed by atoms with van der Waals surface area (Å²) in [7, 11) is 0. The molecule has 1 aromatic carbocycles. The van der Waals surface area contributed by atoms with Gasteiger partial charge in [0.05, 0.1) is 0 Å². The molecule has 0 saturated carbocycles. The van der Waals surface area contributed by atoms with Crippen LogP contribution in [-0.4, -0.2) is 39.7 Å². The van der Waals surface area contributed by atoms with Crippen LogP contribution in [0, 0.1) is 0 Å². The predicted octanol–water partition coefficient (Wildman–Crippen LogP) is 1.00. The molecule has 2 heterocycles. The van der Waals surface area contributed by atoms with Crippen molar-refractivity contribution in [3.05, 3.63) is 66.0 Å². The monoisotopic (exact) mass is 366 g/mol. The number of rotatable bonds is 6. The number of piperazine rings is 1. The summed E-state index contributed by atoms with van der Waals surface area (Å²) in [5.74, 6) is -1.22. The molecule has 27 heavy (non-hydrogen) atoms. The Hall–Kier alpha value is -3.22. The van der Waals surface area contributed by atoms with Gasteiger partial charge in [0.15, 0.2) is 6.04 Å². The summed E-state index contributed by atoms with van der Waals surface area (Å²) in [6, 6.07) is 11.1. The summed E-state index contributed by atoms with van der Waals surface area (Å²) in [6.45, 7) is 2.26. The Morgan fingerprint density at radius 1 is 1.15 bits per heavy atom. The van der Waals surface area contributed by atoms with E-state index < -0.39 is 23.9 Å². The first-order valence-corrected chi connectivity index (χ1v) is 8.91. The summed E-state index contributed by atoms with van der Waals surface area (Å²) in [5.41, 5.74) is 1.68. The highest BCUT2D eigenvalue weighted by Crippen LogP contribution is 2.16. The molecule has 2 aromatic rings. The van der Waals surface area contributed by atoms with Crippen molar-refractivity contribution in [2.24, 2.45) is 0 Å². The van der Waals surface area contributed by atoms with E-state index in [0.29, 0.717) is 6.42 Å². The largest absolute Gasteiger partial charge is 0.350 e. The van der Waals surface area contributed by atoms with Gasteiger partial charge in [0.1, 0.15) is 6.04 Å². The molecule has 2 N–H and O–H groups in total. The molecule has 1 unspecified atom stereocenters. The van der Waals surface area contributed by atoms with Gasteiger partial charge >= 0.3 is 0 Å². The van der Waals surface area contributed by atoms with Crippen LogP contribution in [0.15, 0.2) is 54.9 Å². The zero-order valence-corrected chi connectivity index (χ0v) is 15.1. The normalized spacial score (nSPS) is 19.5. The van der Waals surface area contributed by atoms with Gasteiger partial charge in [0, 0.05) is 25.5 Å². The highest BCUT2D eigenvalue weighted by atomic mass is 16.2. The van der Waals surface area contributed by atoms with Crippen molar-refractivity contribution in [3.8, 4) is 0 Å². The van der Waals surface area contributed by atoms with E-state index in [1.807, 2.05) is 43.3 Å². The van der Waals surface area contributed by atoms with E-state index in [4.69, 9.17) is 0 Å². The zero-order chi connectivity index (χ0) is 19.2. The third-order valence-corrected chi connectivity index (χ3v) is 4.50. The first kappa shape index (κ1) is 18.6. The quantitative estimate of drug-likeness (QED) is 0.747. The Kier molecular flexibility index (Phi) is 5.80. The van der Waals surface area contributed by atoms with Gasteiger partial charge in [-0.1, -0.05) is 43.3 Å². The molecular formula is C20H22N4O3. The van der Waals surface area contributed by atoms with Crippen LogP contribution in [0.1, 0.15) is 24.5 Å². The molecule has 0 bridgehead atoms. The minimum atomic E-state index is -1.20. The maximum Gasteiger partial charge on any atom is 0.253 e. The van der Waals surface area contributed by atoms with Crippen molar-refractivity contribution in [2.75, 3.05) is 0 Å². The number of nitrogens with one attached hydrogen (secondary N) is 2. The van der Waals surface area contributed by atoms with Crippen LogP contribution < -0.4 is 10.6 Å². The SMILES string of the molecule is CC[C@@H]1NC(=O)C(C(=O)NCc2ccccc2)N(Cc2cccnc2)C1=O. The first-order valence-electron chi connectivity index (χ1n) is 8.91. The van der Waals surface area contributed by atoms with E-state index in [1.165, 1.54) is 4.90 Å². The molecule has 1 aromatic heterocycles. The Morgan fingerprint density at radius 3 is 2.56 bits per heavy atom. The maximum atomic E-state index is 12.8. The van der Waals surface area contributed by atoms with Gasteiger partial charge in [-0.3, -0.25) is 19.4 Å². The average molecular weight is 366 g/mol. The molecule has 1 saturated heterocycles. The smallest absolute Gasteiger partial charge is 0.253 e. The van der Waals surface area contributed by atoms with E-state index in [0.717, 1.165) is 11.1 Å². The lowest BCUT2D eigenvalue weighted by Crippen LogP contribution is -2.66. The molecule has 7 heteroatoms. The lowest BCUT2D eigenvalue weighted by molar-refractivity contribution is -0.155. The standard InChI is InChI=1S/C20H22N4O3/c1-2-16-20(27)24(13-15-9-6-10-21-11-15)17(19(26)23-16)18(25)22-12-14-7-4-3-5-8-14/h3-11,16-17H,2,12-13H2,1H3,(H,22,25)(H,23,26)/t16-,17?/m0/s1. The van der Waals surface area contributed by atoms with Gasteiger partial charge in [-0.2, -0.15) is 0 Å². The Bertz CT molecular complexity index is 810. The maximum absolute atomic E-state index is 12.8. The van der Waals surface area contributed by atoms with Gasteiger partial charge < -0.3 is 15.5 Å². The zero-order valence-electron chi connectivity index (χ0n) is 15.1. The number of nitrogens with zero attached hydrogens (tertiary/aromatic N) is 2. The fourth-order valence-electron chi connectivity index (χ4n) is 3.06. The molecular weight excluding hydrogens is 344 g/mol. The summed E-state index contributed by atoms with van der Waals surface area (Å²) < 4.78 is 0. The van der Waals surface area contributed by atoms with Crippen molar-refractivity contribution in [1.29, 1.82) is 0 Å². The minimum Gasteiger partial charge on any atom is -0.350 e. The van der Waals surface area contributed by atoms with E-state index in [2.05, 4.69) is 15.6 Å². The third-order valence-electron chi connectivity index (χ3n) is 4.50. The fourth-order valence-corrected chi connectivity index (χ4v) is 3.06. The van der Waals surface area contributed by atoms with Crippen LogP contribution in [0.5, 0.6) is 0 Å². The van der Waals surface area contributed by atoms with Gasteiger partial charge in [-0.15, -0.1) is 0 Å². The minimum absolute atomic E-state index is 0.153. The third kappa shape index (κ3) is 4.31. The number of amides is 3. The summed E-state index contributed by atoms with van der Waals surface area (Å²) in [4.78, 5) is 43.5. The van der Waals surface area contributed by atoms with E-state index >= 15 is 0 Å². The number of benzene rings is 1. The summed E-state index contributed by atoms with van der Waals surface area (Å²) in [6.07, 6.45) is 3.72. The van der Waals surface area contributed by atoms with Crippen LogP contribution in [0.3, 0.4) is 0 Å². The molecule has 7 nitrogen and oxygen atoms in total. The molecule has 3 amide bonds. The van der Waals surface area contributed by atoms with Crippen molar-refractivity contribution in [3.63, 3.8) is 0 Å². The van der Waals surface area contributed by atoms with Crippen molar-refractivity contribution in [1.82, 2.24) is 20.5 Å². The lowest BCUT2D eigenvalue weighted by atomic mass is 10.0. The number of carbonyl (C=O) groups is 3. The number of hydrogen-bond acceptors (Lipinski definition) is 4. The molecule has 1 aliphatic rings. The number of carbonyl (C=O) groups excluding carboxylic acids is 3. The molecule has 0 aliphatic carbocycles. The van der Waals surface area contributed by atoms with Crippen LogP contribution in [-0.2, 0) is 27.5 Å². The Morgan fingerprint density at radius 2 is 1.89 bits per heavy atom. The lowest BCUT2D eigenvalue weighted by Gasteiger charge is -2.37. The van der Waals surface area contributed by atoms with Crippen molar-refractivity contribution >= 4 is 17.7 Å². The second-order valence-electron chi connectivity index (χ2n) is 6.40. The van der Waals surface area contributed by atoms with Gasteiger partial charge in [0.2, 0.25) is 5.91 Å². The molecule has 0 spiro atoms. The fraction of sp³-hybridized carbons (Fsp3) is 0.300. The summed E-state index contributed by atoms with van der Waals surface area (Å²) in [5, 5.41) is 5.41. The van der Waals surface area contributed by atoms with Crippen molar-refractivity contribution < 1.29 is 14.4 Å². The molecule has 2 atom stereocenters. The van der Waals surface area contributed by atoms with Crippen molar-refractivity contribution in [2.45, 2.75) is 38.5 Å². The molecule has 140 valence electrons. The molecule has 0 radical (unpaired) electrons. The van der Waals surface area contributed by atoms with Gasteiger partial charge in [0.25, 0.3) is 11.8 Å². The number of hydrogen-bond donors (Lipinski definition) is 2. The Balaban J connectivity index is 1.79. The second kappa shape index (κ2) is 8.44.